The molecule has 1 unspecified atom stereocenters. The molecule has 4 rings (SSSR count). The zero-order chi connectivity index (χ0) is 37.7. The zero-order valence-electron chi connectivity index (χ0n) is 30.3. The lowest BCUT2D eigenvalue weighted by atomic mass is 9.99. The summed E-state index contributed by atoms with van der Waals surface area (Å²) < 4.78 is 11.1. The number of rotatable bonds is 10. The molecule has 51 heavy (non-hydrogen) atoms. The summed E-state index contributed by atoms with van der Waals surface area (Å²) in [5.41, 5.74) is 2.33. The summed E-state index contributed by atoms with van der Waals surface area (Å²) in [6.45, 7) is 12.3. The Morgan fingerprint density at radius 3 is 2.45 bits per heavy atom. The van der Waals surface area contributed by atoms with E-state index in [2.05, 4.69) is 16.1 Å². The lowest BCUT2D eigenvalue weighted by Gasteiger charge is -2.38. The van der Waals surface area contributed by atoms with Gasteiger partial charge in [0.1, 0.15) is 23.8 Å². The van der Waals surface area contributed by atoms with Crippen LogP contribution >= 0.6 is 0 Å². The number of aliphatic carboxylic acids is 1. The number of pyridine rings is 1. The maximum Gasteiger partial charge on any atom is 0.410 e. The largest absolute Gasteiger partial charge is 0.479 e. The number of amides is 4. The van der Waals surface area contributed by atoms with E-state index in [-0.39, 0.29) is 31.5 Å². The van der Waals surface area contributed by atoms with Gasteiger partial charge < -0.3 is 35.2 Å². The fraction of sp³-hybridized carbons (Fsp3) is 0.556. The highest BCUT2D eigenvalue weighted by atomic mass is 16.6. The Balaban J connectivity index is 1.41. The van der Waals surface area contributed by atoms with Crippen molar-refractivity contribution in [2.24, 2.45) is 5.92 Å². The van der Waals surface area contributed by atoms with Gasteiger partial charge in [0.05, 0.1) is 30.4 Å². The number of nitrogens with one attached hydrogen (secondary N) is 3. The number of fused-ring (bicyclic) bond motifs is 1. The minimum Gasteiger partial charge on any atom is -0.479 e. The predicted octanol–water partition coefficient (Wildman–Crippen LogP) is 2.53. The topological polar surface area (TPSA) is 200 Å². The minimum absolute atomic E-state index is 0.0215. The third-order valence-corrected chi connectivity index (χ3v) is 8.64. The van der Waals surface area contributed by atoms with Gasteiger partial charge in [0.25, 0.3) is 5.91 Å². The number of morpholine rings is 1. The quantitative estimate of drug-likeness (QED) is 0.243. The second kappa shape index (κ2) is 16.2. The van der Waals surface area contributed by atoms with Gasteiger partial charge in [0, 0.05) is 18.5 Å². The average Bonchev–Trinajstić information content (AvgIpc) is 3.08. The molecule has 2 aliphatic rings. The molecule has 2 aromatic rings. The number of aliphatic hydroxyl groups is 1. The molecule has 15 heteroatoms. The highest BCUT2D eigenvalue weighted by molar-refractivity contribution is 5.90. The first kappa shape index (κ1) is 39.2. The lowest BCUT2D eigenvalue weighted by molar-refractivity contribution is -0.167. The summed E-state index contributed by atoms with van der Waals surface area (Å²) in [7, 11) is 0. The molecule has 0 bridgehead atoms. The smallest absolute Gasteiger partial charge is 0.410 e. The van der Waals surface area contributed by atoms with Crippen molar-refractivity contribution in [1.29, 1.82) is 0 Å². The van der Waals surface area contributed by atoms with Crippen molar-refractivity contribution < 1.29 is 43.7 Å². The second-order valence-electron chi connectivity index (χ2n) is 14.4. The highest BCUT2D eigenvalue weighted by Gasteiger charge is 2.44. The molecule has 3 heterocycles. The Morgan fingerprint density at radius 1 is 1.08 bits per heavy atom. The Kier molecular flexibility index (Phi) is 12.4. The van der Waals surface area contributed by atoms with E-state index >= 15 is 0 Å². The number of aromatic nitrogens is 1. The summed E-state index contributed by atoms with van der Waals surface area (Å²) in [5, 5.41) is 27.8. The molecule has 1 aromatic heterocycles. The minimum atomic E-state index is -1.77. The van der Waals surface area contributed by atoms with Crippen LogP contribution < -0.4 is 16.1 Å². The van der Waals surface area contributed by atoms with Crippen molar-refractivity contribution in [3.8, 4) is 0 Å². The molecule has 0 spiro atoms. The zero-order valence-corrected chi connectivity index (χ0v) is 30.3. The van der Waals surface area contributed by atoms with Crippen LogP contribution in [0.2, 0.25) is 0 Å². The highest BCUT2D eigenvalue weighted by Crippen LogP contribution is 2.25. The number of carboxylic acids is 1. The number of hydrogen-bond donors (Lipinski definition) is 5. The molecule has 2 fully saturated rings. The van der Waals surface area contributed by atoms with Gasteiger partial charge in [-0.2, -0.15) is 0 Å². The van der Waals surface area contributed by atoms with Crippen LogP contribution in [0.3, 0.4) is 0 Å². The third-order valence-electron chi connectivity index (χ3n) is 8.64. The van der Waals surface area contributed by atoms with Crippen molar-refractivity contribution in [3.05, 3.63) is 47.7 Å². The van der Waals surface area contributed by atoms with Gasteiger partial charge in [-0.05, 0) is 77.2 Å². The molecule has 5 N–H and O–H groups in total. The molecule has 1 aromatic carbocycles. The number of carboxylic acid groups (broad SMARTS) is 1. The van der Waals surface area contributed by atoms with Crippen molar-refractivity contribution in [1.82, 2.24) is 31.0 Å². The molecule has 2 aliphatic heterocycles. The molecular formula is C36H50N6O9. The SMILES string of the molecule is CC(C)[C@H](O)C(=O)N[C@@H](C)C(=O)N1CCC[C@@H](C(=O)N[C@H](C)c2ccc3ccc(C=CC4(C(=O)O)CN(C(=O)OC(C)(C)C)CCO4)cc3n2)N1. The first-order valence-electron chi connectivity index (χ1n) is 17.2. The average molecular weight is 711 g/mol. The third kappa shape index (κ3) is 10.0. The predicted molar refractivity (Wildman–Crippen MR) is 188 cm³/mol. The van der Waals surface area contributed by atoms with Crippen molar-refractivity contribution in [3.63, 3.8) is 0 Å². The second-order valence-corrected chi connectivity index (χ2v) is 14.4. The van der Waals surface area contributed by atoms with Crippen molar-refractivity contribution in [2.75, 3.05) is 26.2 Å². The number of carbonyl (C=O) groups is 5. The Labute approximate surface area is 297 Å². The number of carbonyl (C=O) groups excluding carboxylic acids is 4. The van der Waals surface area contributed by atoms with Gasteiger partial charge in [-0.1, -0.05) is 38.1 Å². The van der Waals surface area contributed by atoms with Gasteiger partial charge >= 0.3 is 12.1 Å². The van der Waals surface area contributed by atoms with Crippen LogP contribution in [0.5, 0.6) is 0 Å². The van der Waals surface area contributed by atoms with E-state index in [4.69, 9.17) is 14.5 Å². The van der Waals surface area contributed by atoms with Crippen molar-refractivity contribution >= 4 is 46.8 Å². The van der Waals surface area contributed by atoms with Gasteiger partial charge in [0.15, 0.2) is 0 Å². The maximum absolute atomic E-state index is 13.3. The van der Waals surface area contributed by atoms with Gasteiger partial charge in [-0.3, -0.25) is 24.4 Å². The molecular weight excluding hydrogens is 660 g/mol. The summed E-state index contributed by atoms with van der Waals surface area (Å²) in [6, 6.07) is 7.05. The number of hydrogen-bond acceptors (Lipinski definition) is 10. The van der Waals surface area contributed by atoms with Gasteiger partial charge in [-0.25, -0.2) is 15.0 Å². The Morgan fingerprint density at radius 2 is 1.78 bits per heavy atom. The Bertz CT molecular complexity index is 1660. The first-order chi connectivity index (χ1) is 23.9. The number of benzene rings is 1. The molecule has 0 aliphatic carbocycles. The summed E-state index contributed by atoms with van der Waals surface area (Å²) >= 11 is 0. The van der Waals surface area contributed by atoms with E-state index < -0.39 is 59.3 Å². The summed E-state index contributed by atoms with van der Waals surface area (Å²) in [4.78, 5) is 69.7. The normalized spacial score (nSPS) is 21.6. The molecule has 0 radical (unpaired) electrons. The summed E-state index contributed by atoms with van der Waals surface area (Å²) in [6.07, 6.45) is 2.25. The molecule has 278 valence electrons. The van der Waals surface area contributed by atoms with E-state index in [1.54, 1.807) is 53.7 Å². The number of aliphatic hydroxyl groups excluding tert-OH is 1. The van der Waals surface area contributed by atoms with Gasteiger partial charge in [-0.15, -0.1) is 0 Å². The van der Waals surface area contributed by atoms with Crippen LogP contribution in [0.1, 0.15) is 78.6 Å². The van der Waals surface area contributed by atoms with Crippen LogP contribution in [0, 0.1) is 5.92 Å². The van der Waals surface area contributed by atoms with E-state index in [0.717, 1.165) is 5.39 Å². The van der Waals surface area contributed by atoms with Crippen LogP contribution in [0.15, 0.2) is 36.4 Å². The van der Waals surface area contributed by atoms with Crippen LogP contribution in [-0.4, -0.2) is 111 Å². The number of ether oxygens (including phenoxy) is 2. The van der Waals surface area contributed by atoms with E-state index in [1.165, 1.54) is 22.9 Å². The molecule has 0 saturated carbocycles. The van der Waals surface area contributed by atoms with Crippen molar-refractivity contribution in [2.45, 2.75) is 96.7 Å². The molecule has 5 atom stereocenters. The lowest BCUT2D eigenvalue weighted by Crippen LogP contribution is -2.61. The fourth-order valence-corrected chi connectivity index (χ4v) is 5.67. The number of nitrogens with zero attached hydrogens (tertiary/aromatic N) is 3. The fourth-order valence-electron chi connectivity index (χ4n) is 5.67. The van der Waals surface area contributed by atoms with Gasteiger partial charge in [0.2, 0.25) is 17.4 Å². The van der Waals surface area contributed by atoms with Crippen LogP contribution in [0.25, 0.3) is 17.0 Å². The monoisotopic (exact) mass is 710 g/mol. The standard InChI is InChI=1S/C36H50N6O9/c1-21(2)29(43)31(45)38-23(4)32(46)42-16-8-9-27(40-42)30(44)37-22(3)26-13-12-25-11-10-24(19-28(25)39-26)14-15-36(33(47)48)20-41(17-18-50-36)34(49)51-35(5,6)7/h10-15,19,21-23,27,29,40,43H,8-9,16-18,20H2,1-7H3,(H,37,44)(H,38,45)(H,47,48)/t22-,23+,27+,29+,36?/m1/s1. The van der Waals surface area contributed by atoms with E-state index in [1.807, 2.05) is 24.3 Å². The Hall–Kier alpha value is -4.60. The molecule has 4 amide bonds. The molecule has 2 saturated heterocycles. The van der Waals surface area contributed by atoms with E-state index in [9.17, 15) is 34.2 Å². The van der Waals surface area contributed by atoms with Crippen LogP contribution in [0.4, 0.5) is 4.79 Å². The van der Waals surface area contributed by atoms with E-state index in [0.29, 0.717) is 36.2 Å². The number of hydrazine groups is 1. The maximum atomic E-state index is 13.3. The summed E-state index contributed by atoms with van der Waals surface area (Å²) in [5.74, 6) is -2.92. The first-order valence-corrected chi connectivity index (χ1v) is 17.2. The molecule has 15 nitrogen and oxygen atoms in total. The van der Waals surface area contributed by atoms with Crippen LogP contribution in [-0.2, 0) is 28.7 Å².